The summed E-state index contributed by atoms with van der Waals surface area (Å²) in [5, 5.41) is 56.4. The molecule has 5 fully saturated rings. The maximum atomic E-state index is 14.5. The van der Waals surface area contributed by atoms with E-state index in [0.717, 1.165) is 146 Å². The third kappa shape index (κ3) is 17.4. The van der Waals surface area contributed by atoms with Crippen LogP contribution in [0.5, 0.6) is 0 Å². The third-order valence-electron chi connectivity index (χ3n) is 23.3. The number of piperidine rings is 1. The van der Waals surface area contributed by atoms with E-state index in [1.54, 1.807) is 94.6 Å². The molecule has 0 saturated carbocycles. The maximum Gasteiger partial charge on any atom is 0.253 e. The Bertz CT molecular complexity index is 6540. The molecule has 16 aromatic rings. The standard InChI is InChI=1S/C23H23F2N7S.2C22H21F3N6O.C22H24FN7O/c24-15-3-4-18(25)16(12-15)19-2-1-10-31(19)20-7-11-32-21(28-20)17(13-27-32)23-30-29-22(33-23)14-5-8-26-9-6-14;2*1-22(2,3)21-29-28-20(32-21)15-10-26-31-7-6-18(27-19(15)31)30-11-13(24)9-17(30)14-8-12(23)4-5-16(14)25;1-13-15(10-14(23)11-24-13)17-6-5-8-29(17)18-7-9-30-19(26-18)16(12-25-30)20-27-28-21(31-20)22(2,3)4/h3-4,7,11-14,19,26H,1-2,5-6,8-10H2;2*4-8,10,13,17H,9,11H2,1-3H3;7,9-12,17H,5-6,8H2,1-4H3/t19-;13-,17+;13-,17-;/m100./s1. The van der Waals surface area contributed by atoms with E-state index in [1.807, 2.05) is 93.8 Å². The van der Waals surface area contributed by atoms with Gasteiger partial charge in [0, 0.05) is 95.3 Å². The molecule has 6 atom stereocenters. The van der Waals surface area contributed by atoms with Crippen molar-refractivity contribution in [1.82, 2.24) is 109 Å². The monoisotopic (exact) mass is 1770 g/mol. The minimum absolute atomic E-state index is 0.0159. The highest BCUT2D eigenvalue weighted by molar-refractivity contribution is 7.14. The zero-order valence-corrected chi connectivity index (χ0v) is 72.3. The van der Waals surface area contributed by atoms with E-state index in [2.05, 4.69) is 91.3 Å². The number of pyridine rings is 1. The molecule has 21 rings (SSSR count). The van der Waals surface area contributed by atoms with Crippen LogP contribution in [0.2, 0.25) is 0 Å². The molecule has 0 amide bonds. The Hall–Kier alpha value is -13.2. The van der Waals surface area contributed by atoms with E-state index in [9.17, 15) is 39.5 Å². The van der Waals surface area contributed by atoms with Crippen LogP contribution in [0.4, 0.5) is 62.8 Å². The van der Waals surface area contributed by atoms with Crippen molar-refractivity contribution in [2.75, 3.05) is 58.9 Å². The van der Waals surface area contributed by atoms with Gasteiger partial charge in [0.25, 0.3) is 17.7 Å². The van der Waals surface area contributed by atoms with Gasteiger partial charge in [-0.25, -0.2) is 77.5 Å². The molecular formula is C89H89F9N26O3S. The van der Waals surface area contributed by atoms with Crippen molar-refractivity contribution in [2.45, 2.75) is 179 Å². The predicted molar refractivity (Wildman–Crippen MR) is 458 cm³/mol. The van der Waals surface area contributed by atoms with Gasteiger partial charge in [0.05, 0.1) is 73.8 Å². The highest BCUT2D eigenvalue weighted by atomic mass is 32.1. The van der Waals surface area contributed by atoms with Crippen LogP contribution in [0.15, 0.2) is 154 Å². The van der Waals surface area contributed by atoms with Crippen LogP contribution >= 0.6 is 11.3 Å². The van der Waals surface area contributed by atoms with Crippen molar-refractivity contribution in [1.29, 1.82) is 0 Å². The number of anilines is 4. The van der Waals surface area contributed by atoms with Crippen molar-refractivity contribution in [3.8, 4) is 44.9 Å². The first-order valence-electron chi connectivity index (χ1n) is 42.2. The summed E-state index contributed by atoms with van der Waals surface area (Å²) in [4.78, 5) is 30.8. The van der Waals surface area contributed by atoms with Crippen LogP contribution in [-0.4, -0.2) is 156 Å². The number of nitrogens with one attached hydrogen (secondary N) is 1. The first kappa shape index (κ1) is 85.6. The van der Waals surface area contributed by atoms with Gasteiger partial charge in [-0.05, 0) is 149 Å². The average Bonchev–Trinajstić information content (AvgIpc) is 1.62. The lowest BCUT2D eigenvalue weighted by molar-refractivity contribution is 0.355. The Morgan fingerprint density at radius 3 is 1.14 bits per heavy atom. The number of hydrogen-bond donors (Lipinski definition) is 1. The van der Waals surface area contributed by atoms with Crippen LogP contribution in [0.1, 0.15) is 194 Å². The van der Waals surface area contributed by atoms with Gasteiger partial charge in [-0.3, -0.25) is 4.98 Å². The van der Waals surface area contributed by atoms with Gasteiger partial charge in [0.2, 0.25) is 17.7 Å². The predicted octanol–water partition coefficient (Wildman–Crippen LogP) is 17.9. The molecule has 5 saturated heterocycles. The van der Waals surface area contributed by atoms with E-state index in [-0.39, 0.29) is 83.0 Å². The topological polar surface area (TPSA) is 301 Å². The minimum atomic E-state index is -1.20. The third-order valence-corrected chi connectivity index (χ3v) is 24.4. The molecule has 13 aromatic heterocycles. The Morgan fingerprint density at radius 1 is 0.391 bits per heavy atom. The minimum Gasteiger partial charge on any atom is -0.420 e. The van der Waals surface area contributed by atoms with E-state index in [4.69, 9.17) is 23.2 Å². The Balaban J connectivity index is 0.000000115. The summed E-state index contributed by atoms with van der Waals surface area (Å²) >= 11 is 1.60. The Kier molecular flexibility index (Phi) is 23.1. The molecule has 3 aromatic carbocycles. The molecular weight excluding hydrogens is 1680 g/mol. The van der Waals surface area contributed by atoms with Gasteiger partial charge in [-0.15, -0.1) is 40.8 Å². The van der Waals surface area contributed by atoms with E-state index >= 15 is 0 Å². The molecule has 18 heterocycles. The second kappa shape index (κ2) is 34.5. The zero-order valence-electron chi connectivity index (χ0n) is 71.4. The number of aromatic nitrogens is 21. The van der Waals surface area contributed by atoms with Crippen LogP contribution < -0.4 is 24.9 Å². The fourth-order valence-corrected chi connectivity index (χ4v) is 17.7. The zero-order chi connectivity index (χ0) is 89.4. The highest BCUT2D eigenvalue weighted by Crippen LogP contribution is 2.45. The fraction of sp³-hybridized carbons (Fsp3) is 0.382. The van der Waals surface area contributed by atoms with Gasteiger partial charge >= 0.3 is 0 Å². The molecule has 5 aliphatic heterocycles. The quantitative estimate of drug-likeness (QED) is 0.105. The average molecular weight is 1770 g/mol. The SMILES string of the molecule is CC(C)(C)c1nnc(-c2cnn3ccc(N4C[C@@H](F)C[C@@H]4c4cc(F)ccc4F)nc23)o1.CC(C)(C)c1nnc(-c2cnn3ccc(N4C[C@@H](F)C[C@H]4c4cc(F)ccc4F)nc23)o1.Cc1ncc(F)cc1C1CCCN1c1ccn2ncc(-c3nnc(C(C)(C)C)o3)c2n1.Fc1ccc(F)c([C@H]2CCCN2c2ccn3ncc(-c4nnc(C5CCNCC5)s4)c3n2)c1. The van der Waals surface area contributed by atoms with Crippen LogP contribution in [0.25, 0.3) is 67.5 Å². The van der Waals surface area contributed by atoms with Crippen molar-refractivity contribution in [2.24, 2.45) is 0 Å². The van der Waals surface area contributed by atoms with Gasteiger partial charge in [-0.2, -0.15) is 20.4 Å². The van der Waals surface area contributed by atoms with Crippen molar-refractivity contribution < 1.29 is 52.8 Å². The number of fused-ring (bicyclic) bond motifs is 4. The summed E-state index contributed by atoms with van der Waals surface area (Å²) in [5.41, 5.74) is 6.22. The molecule has 1 N–H and O–H groups in total. The lowest BCUT2D eigenvalue weighted by atomic mass is 9.97. The molecule has 0 radical (unpaired) electrons. The van der Waals surface area contributed by atoms with E-state index in [1.165, 1.54) is 18.3 Å². The fourth-order valence-electron chi connectivity index (χ4n) is 16.7. The first-order chi connectivity index (χ1) is 61.4. The number of nitrogens with zero attached hydrogens (tertiary/aromatic N) is 25. The summed E-state index contributed by atoms with van der Waals surface area (Å²) < 4.78 is 152. The highest BCUT2D eigenvalue weighted by Gasteiger charge is 2.40. The lowest BCUT2D eigenvalue weighted by Gasteiger charge is -2.27. The molecule has 0 spiro atoms. The molecule has 662 valence electrons. The number of halogens is 9. The van der Waals surface area contributed by atoms with Crippen LogP contribution in [-0.2, 0) is 16.2 Å². The van der Waals surface area contributed by atoms with E-state index < -0.39 is 59.3 Å². The van der Waals surface area contributed by atoms with Gasteiger partial charge in [0.15, 0.2) is 27.6 Å². The number of rotatable bonds is 13. The lowest BCUT2D eigenvalue weighted by Crippen LogP contribution is -2.26. The van der Waals surface area contributed by atoms with Crippen molar-refractivity contribution in [3.63, 3.8) is 0 Å². The summed E-state index contributed by atoms with van der Waals surface area (Å²) in [6, 6.07) is 17.2. The Labute approximate surface area is 731 Å². The maximum absolute atomic E-state index is 14.5. The smallest absolute Gasteiger partial charge is 0.253 e. The largest absolute Gasteiger partial charge is 0.420 e. The van der Waals surface area contributed by atoms with Crippen LogP contribution in [0.3, 0.4) is 0 Å². The Morgan fingerprint density at radius 2 is 0.750 bits per heavy atom. The van der Waals surface area contributed by atoms with Crippen molar-refractivity contribution >= 4 is 57.2 Å². The second-order valence-corrected chi connectivity index (χ2v) is 36.4. The summed E-state index contributed by atoms with van der Waals surface area (Å²) in [7, 11) is 0. The number of benzene rings is 3. The first-order valence-corrected chi connectivity index (χ1v) is 43.0. The summed E-state index contributed by atoms with van der Waals surface area (Å²) in [5.74, 6) is 1.81. The summed E-state index contributed by atoms with van der Waals surface area (Å²) in [6.45, 7) is 23.4. The normalized spacial score (nSPS) is 18.8. The second-order valence-electron chi connectivity index (χ2n) is 35.4. The number of aryl methyl sites for hydroxylation is 1. The number of hydrogen-bond acceptors (Lipinski definition) is 26. The molecule has 128 heavy (non-hydrogen) atoms. The van der Waals surface area contributed by atoms with Gasteiger partial charge in [0.1, 0.15) is 98.0 Å². The molecule has 5 aliphatic rings. The van der Waals surface area contributed by atoms with E-state index in [0.29, 0.717) is 86.0 Å². The van der Waals surface area contributed by atoms with Gasteiger partial charge < -0.3 is 38.2 Å². The molecule has 0 aliphatic carbocycles. The van der Waals surface area contributed by atoms with Gasteiger partial charge in [-0.1, -0.05) is 73.7 Å². The number of alkyl halides is 2. The van der Waals surface area contributed by atoms with Crippen LogP contribution in [0, 0.1) is 47.6 Å². The molecule has 39 heteroatoms. The summed E-state index contributed by atoms with van der Waals surface area (Å²) in [6.07, 6.45) is 18.3. The molecule has 1 unspecified atom stereocenters. The molecule has 29 nitrogen and oxygen atoms in total. The molecule has 0 bridgehead atoms. The van der Waals surface area contributed by atoms with Crippen molar-refractivity contribution in [3.05, 3.63) is 232 Å².